The van der Waals surface area contributed by atoms with E-state index in [0.717, 1.165) is 40.1 Å². The summed E-state index contributed by atoms with van der Waals surface area (Å²) in [6.07, 6.45) is 4.86. The maximum Gasteiger partial charge on any atom is 0.350 e. The Balaban J connectivity index is 1.53. The number of ether oxygens (including phenoxy) is 2. The Labute approximate surface area is 213 Å². The zero-order valence-electron chi connectivity index (χ0n) is 20.3. The number of nitrogen functional groups attached to an aromatic ring is 1. The lowest BCUT2D eigenvalue weighted by Crippen LogP contribution is -2.26. The van der Waals surface area contributed by atoms with Crippen molar-refractivity contribution in [3.8, 4) is 11.7 Å². The largest absolute Gasteiger partial charge is 0.490 e. The standard InChI is InChI=1S/C26H28N8O3/c1-16-13-18(15-21(14-16)37-20-7-11-36-12-8-20)22(31-19-5-3-17(4-6-19)23(27)28)24-32-26(35)34(33-24)25-29-9-2-10-30-25/h2-6,9-10,13-15,20,22,31H,7-8,11-12H2,1H3,(H3,27,28)(H,32,33,35). The van der Waals surface area contributed by atoms with Gasteiger partial charge in [0.25, 0.3) is 5.95 Å². The molecule has 0 bridgehead atoms. The number of nitrogens with two attached hydrogens (primary N) is 1. The average molecular weight is 501 g/mol. The van der Waals surface area contributed by atoms with Gasteiger partial charge in [-0.3, -0.25) is 10.4 Å². The van der Waals surface area contributed by atoms with Crippen LogP contribution < -0.4 is 21.5 Å². The molecule has 0 spiro atoms. The van der Waals surface area contributed by atoms with Crippen LogP contribution in [0.1, 0.15) is 41.4 Å². The van der Waals surface area contributed by atoms with Crippen LogP contribution in [0.25, 0.3) is 5.95 Å². The van der Waals surface area contributed by atoms with E-state index in [4.69, 9.17) is 20.6 Å². The van der Waals surface area contributed by atoms with Gasteiger partial charge < -0.3 is 20.5 Å². The molecule has 2 aromatic carbocycles. The van der Waals surface area contributed by atoms with E-state index < -0.39 is 11.7 Å². The minimum absolute atomic E-state index is 0.0115. The van der Waals surface area contributed by atoms with Crippen molar-refractivity contribution in [3.05, 3.63) is 93.9 Å². The third kappa shape index (κ3) is 5.67. The van der Waals surface area contributed by atoms with Crippen LogP contribution in [0.2, 0.25) is 0 Å². The van der Waals surface area contributed by atoms with E-state index >= 15 is 0 Å². The number of nitrogens with one attached hydrogen (secondary N) is 3. The number of hydrogen-bond acceptors (Lipinski definition) is 8. The van der Waals surface area contributed by atoms with Crippen molar-refractivity contribution in [2.45, 2.75) is 31.9 Å². The predicted molar refractivity (Wildman–Crippen MR) is 138 cm³/mol. The van der Waals surface area contributed by atoms with Gasteiger partial charge in [-0.2, -0.15) is 0 Å². The maximum atomic E-state index is 12.8. The molecule has 5 rings (SSSR count). The molecule has 190 valence electrons. The fraction of sp³-hybridized carbons (Fsp3) is 0.269. The first kappa shape index (κ1) is 24.2. The van der Waals surface area contributed by atoms with Crippen LogP contribution >= 0.6 is 0 Å². The number of nitrogens with zero attached hydrogens (tertiary/aromatic N) is 4. The van der Waals surface area contributed by atoms with Gasteiger partial charge in [0.15, 0.2) is 5.82 Å². The van der Waals surface area contributed by atoms with E-state index in [1.807, 2.05) is 37.3 Å². The van der Waals surface area contributed by atoms with Gasteiger partial charge in [0.05, 0.1) is 13.2 Å². The van der Waals surface area contributed by atoms with Gasteiger partial charge in [-0.15, -0.1) is 9.78 Å². The molecule has 1 aliphatic rings. The predicted octanol–water partition coefficient (Wildman–Crippen LogP) is 2.70. The summed E-state index contributed by atoms with van der Waals surface area (Å²) in [5.74, 6) is 1.29. The highest BCUT2D eigenvalue weighted by Gasteiger charge is 2.23. The molecule has 2 aromatic heterocycles. The van der Waals surface area contributed by atoms with Gasteiger partial charge in [0, 0.05) is 36.5 Å². The van der Waals surface area contributed by atoms with Crippen LogP contribution in [0.5, 0.6) is 5.75 Å². The maximum absolute atomic E-state index is 12.8. The second-order valence-corrected chi connectivity index (χ2v) is 8.85. The Kier molecular flexibility index (Phi) is 6.95. The third-order valence-corrected chi connectivity index (χ3v) is 6.03. The van der Waals surface area contributed by atoms with Crippen molar-refractivity contribution in [1.29, 1.82) is 5.41 Å². The number of aryl methyl sites for hydroxylation is 1. The van der Waals surface area contributed by atoms with Crippen LogP contribution in [-0.2, 0) is 4.74 Å². The number of hydrogen-bond donors (Lipinski definition) is 4. The molecule has 0 radical (unpaired) electrons. The highest BCUT2D eigenvalue weighted by Crippen LogP contribution is 2.30. The lowest BCUT2D eigenvalue weighted by atomic mass is 10.0. The fourth-order valence-electron chi connectivity index (χ4n) is 4.23. The Bertz CT molecular complexity index is 1430. The van der Waals surface area contributed by atoms with Crippen molar-refractivity contribution < 1.29 is 9.47 Å². The van der Waals surface area contributed by atoms with Gasteiger partial charge >= 0.3 is 5.69 Å². The second kappa shape index (κ2) is 10.6. The molecule has 1 atom stereocenters. The summed E-state index contributed by atoms with van der Waals surface area (Å²) in [7, 11) is 0. The highest BCUT2D eigenvalue weighted by atomic mass is 16.5. The molecule has 0 aliphatic carbocycles. The topological polar surface area (TPSA) is 157 Å². The first-order valence-corrected chi connectivity index (χ1v) is 12.0. The monoisotopic (exact) mass is 500 g/mol. The van der Waals surface area contributed by atoms with Crippen molar-refractivity contribution in [2.24, 2.45) is 5.73 Å². The number of aromatic amines is 1. The first-order chi connectivity index (χ1) is 18.0. The Hall–Kier alpha value is -4.51. The molecule has 0 saturated carbocycles. The van der Waals surface area contributed by atoms with Crippen LogP contribution in [0.3, 0.4) is 0 Å². The van der Waals surface area contributed by atoms with Crippen LogP contribution in [0, 0.1) is 12.3 Å². The number of H-pyrrole nitrogens is 1. The molecule has 0 amide bonds. The zero-order chi connectivity index (χ0) is 25.8. The number of aromatic nitrogens is 5. The quantitative estimate of drug-likeness (QED) is 0.212. The molecule has 4 aromatic rings. The van der Waals surface area contributed by atoms with E-state index in [9.17, 15) is 4.79 Å². The summed E-state index contributed by atoms with van der Waals surface area (Å²) >= 11 is 0. The Morgan fingerprint density at radius 2 is 1.92 bits per heavy atom. The summed E-state index contributed by atoms with van der Waals surface area (Å²) in [5, 5.41) is 15.6. The van der Waals surface area contributed by atoms with Crippen LogP contribution in [0.15, 0.2) is 65.7 Å². The summed E-state index contributed by atoms with van der Waals surface area (Å²) < 4.78 is 12.9. The summed E-state index contributed by atoms with van der Waals surface area (Å²) in [4.78, 5) is 24.0. The fourth-order valence-corrected chi connectivity index (χ4v) is 4.23. The van der Waals surface area contributed by atoms with Gasteiger partial charge in [-0.05, 0) is 60.5 Å². The van der Waals surface area contributed by atoms with Crippen molar-refractivity contribution in [3.63, 3.8) is 0 Å². The summed E-state index contributed by atoms with van der Waals surface area (Å²) in [6.45, 7) is 3.37. The number of amidine groups is 1. The van der Waals surface area contributed by atoms with Crippen molar-refractivity contribution in [2.75, 3.05) is 18.5 Å². The highest BCUT2D eigenvalue weighted by molar-refractivity contribution is 5.95. The molecule has 1 unspecified atom stereocenters. The molecule has 5 N–H and O–H groups in total. The van der Waals surface area contributed by atoms with E-state index in [2.05, 4.69) is 25.4 Å². The molecule has 37 heavy (non-hydrogen) atoms. The molecule has 11 nitrogen and oxygen atoms in total. The van der Waals surface area contributed by atoms with E-state index in [-0.39, 0.29) is 17.9 Å². The summed E-state index contributed by atoms with van der Waals surface area (Å²) in [5.41, 5.74) is 8.39. The molecule has 11 heteroatoms. The lowest BCUT2D eigenvalue weighted by molar-refractivity contribution is 0.0255. The Morgan fingerprint density at radius 1 is 1.19 bits per heavy atom. The third-order valence-electron chi connectivity index (χ3n) is 6.03. The van der Waals surface area contributed by atoms with Gasteiger partial charge in [0.2, 0.25) is 0 Å². The van der Waals surface area contributed by atoms with E-state index in [0.29, 0.717) is 24.6 Å². The van der Waals surface area contributed by atoms with Crippen molar-refractivity contribution in [1.82, 2.24) is 24.7 Å². The van der Waals surface area contributed by atoms with E-state index in [1.165, 1.54) is 0 Å². The summed E-state index contributed by atoms with van der Waals surface area (Å²) in [6, 6.07) is 14.3. The van der Waals surface area contributed by atoms with Gasteiger partial charge in [-0.25, -0.2) is 14.8 Å². The molecule has 1 saturated heterocycles. The Morgan fingerprint density at radius 3 is 2.62 bits per heavy atom. The minimum atomic E-state index is -0.530. The van der Waals surface area contributed by atoms with Crippen LogP contribution in [0.4, 0.5) is 5.69 Å². The van der Waals surface area contributed by atoms with Crippen LogP contribution in [-0.4, -0.2) is 49.9 Å². The number of rotatable bonds is 8. The molecular weight excluding hydrogens is 472 g/mol. The SMILES string of the molecule is Cc1cc(OC2CCOCC2)cc(C(Nc2ccc(C(=N)N)cc2)c2nn(-c3ncccn3)c(=O)[nH]2)c1. The molecule has 1 fully saturated rings. The van der Waals surface area contributed by atoms with Gasteiger partial charge in [-0.1, -0.05) is 6.07 Å². The number of anilines is 1. The first-order valence-electron chi connectivity index (χ1n) is 12.0. The minimum Gasteiger partial charge on any atom is -0.490 e. The van der Waals surface area contributed by atoms with E-state index in [1.54, 1.807) is 30.6 Å². The molecule has 1 aliphatic heterocycles. The average Bonchev–Trinajstić information content (AvgIpc) is 3.29. The van der Waals surface area contributed by atoms with Crippen molar-refractivity contribution >= 4 is 11.5 Å². The normalized spacial score (nSPS) is 14.7. The second-order valence-electron chi connectivity index (χ2n) is 8.85. The molecule has 3 heterocycles. The molecular formula is C26H28N8O3. The lowest BCUT2D eigenvalue weighted by Gasteiger charge is -2.25. The zero-order valence-corrected chi connectivity index (χ0v) is 20.3. The smallest absolute Gasteiger partial charge is 0.350 e. The number of benzene rings is 2. The van der Waals surface area contributed by atoms with Gasteiger partial charge in [0.1, 0.15) is 23.7 Å².